The lowest BCUT2D eigenvalue weighted by Gasteiger charge is -2.36. The Morgan fingerprint density at radius 2 is 1.79 bits per heavy atom. The Morgan fingerprint density at radius 3 is 2.45 bits per heavy atom. The number of likely N-dealkylation sites (N-methyl/N-ethyl adjacent to an activating group) is 1. The number of rotatable bonds is 7. The van der Waals surface area contributed by atoms with E-state index in [2.05, 4.69) is 10.1 Å². The number of carbonyl (C=O) groups excluding carboxylic acids is 1. The maximum absolute atomic E-state index is 13.4. The molecule has 2 aromatic carbocycles. The zero-order valence-electron chi connectivity index (χ0n) is 17.9. The van der Waals surface area contributed by atoms with Gasteiger partial charge in [-0.25, -0.2) is 0 Å². The van der Waals surface area contributed by atoms with Crippen molar-refractivity contribution in [3.05, 3.63) is 81.5 Å². The van der Waals surface area contributed by atoms with E-state index < -0.39 is 6.36 Å². The number of nitrogens with zero attached hydrogens (tertiary/aromatic N) is 1. The van der Waals surface area contributed by atoms with Crippen molar-refractivity contribution in [2.75, 3.05) is 26.7 Å². The minimum atomic E-state index is -4.75. The fourth-order valence-corrected chi connectivity index (χ4v) is 4.78. The molecule has 3 aromatic rings. The molecule has 1 unspecified atom stereocenters. The van der Waals surface area contributed by atoms with Crippen LogP contribution in [0.1, 0.15) is 32.4 Å². The second kappa shape index (κ2) is 9.84. The molecule has 33 heavy (non-hydrogen) atoms. The van der Waals surface area contributed by atoms with Gasteiger partial charge < -0.3 is 19.7 Å². The van der Waals surface area contributed by atoms with Crippen molar-refractivity contribution in [2.45, 2.75) is 18.8 Å². The normalized spacial score (nSPS) is 15.8. The quantitative estimate of drug-likeness (QED) is 0.486. The first-order valence-corrected chi connectivity index (χ1v) is 11.3. The molecule has 0 saturated heterocycles. The van der Waals surface area contributed by atoms with Gasteiger partial charge in [-0.3, -0.25) is 4.79 Å². The molecule has 5 nitrogen and oxygen atoms in total. The van der Waals surface area contributed by atoms with Gasteiger partial charge in [-0.1, -0.05) is 12.1 Å². The minimum Gasteiger partial charge on any atom is -0.492 e. The van der Waals surface area contributed by atoms with E-state index in [1.807, 2.05) is 18.5 Å². The predicted octanol–water partition coefficient (Wildman–Crippen LogP) is 5.03. The van der Waals surface area contributed by atoms with E-state index in [4.69, 9.17) is 4.74 Å². The largest absolute Gasteiger partial charge is 0.573 e. The van der Waals surface area contributed by atoms with Crippen molar-refractivity contribution in [1.82, 2.24) is 10.2 Å². The van der Waals surface area contributed by atoms with Crippen LogP contribution in [0.4, 0.5) is 13.2 Å². The fraction of sp³-hybridized carbons (Fsp3) is 0.292. The number of hydrogen-bond acceptors (Lipinski definition) is 5. The number of hydrogen-bond donors (Lipinski definition) is 1. The zero-order valence-corrected chi connectivity index (χ0v) is 18.7. The number of nitrogens with one attached hydrogen (secondary N) is 1. The highest BCUT2D eigenvalue weighted by Gasteiger charge is 2.34. The van der Waals surface area contributed by atoms with Crippen molar-refractivity contribution in [1.29, 1.82) is 0 Å². The third-order valence-electron chi connectivity index (χ3n) is 5.38. The predicted molar refractivity (Wildman–Crippen MR) is 120 cm³/mol. The highest BCUT2D eigenvalue weighted by molar-refractivity contribution is 7.10. The summed E-state index contributed by atoms with van der Waals surface area (Å²) in [6, 6.07) is 14.3. The fourth-order valence-electron chi connectivity index (χ4n) is 3.88. The molecule has 0 saturated carbocycles. The topological polar surface area (TPSA) is 50.8 Å². The van der Waals surface area contributed by atoms with Crippen molar-refractivity contribution in [3.8, 4) is 11.5 Å². The number of halogens is 3. The highest BCUT2D eigenvalue weighted by atomic mass is 32.1. The van der Waals surface area contributed by atoms with Crippen molar-refractivity contribution < 1.29 is 27.4 Å². The van der Waals surface area contributed by atoms with Gasteiger partial charge >= 0.3 is 6.36 Å². The Kier molecular flexibility index (Phi) is 6.90. The number of ether oxygens (including phenoxy) is 2. The maximum Gasteiger partial charge on any atom is 0.573 e. The Bertz CT molecular complexity index is 1080. The smallest absolute Gasteiger partial charge is 0.492 e. The molecule has 0 fully saturated rings. The molecule has 1 amide bonds. The summed E-state index contributed by atoms with van der Waals surface area (Å²) < 4.78 is 47.2. The first-order chi connectivity index (χ1) is 15.9. The van der Waals surface area contributed by atoms with Gasteiger partial charge in [0, 0.05) is 23.5 Å². The highest BCUT2D eigenvalue weighted by Crippen LogP contribution is 2.39. The second-order valence-electron chi connectivity index (χ2n) is 7.54. The van der Waals surface area contributed by atoms with E-state index in [0.717, 1.165) is 17.5 Å². The number of carbonyl (C=O) groups is 1. The number of amides is 1. The SMILES string of the molecule is CNCCOc1ccc(C(=O)N2CCc3sccc3C2c2ccc(OC(F)(F)F)cc2)cc1. The van der Waals surface area contributed by atoms with Gasteiger partial charge in [-0.15, -0.1) is 24.5 Å². The molecule has 0 bridgehead atoms. The molecule has 1 aromatic heterocycles. The number of fused-ring (bicyclic) bond motifs is 1. The van der Waals surface area contributed by atoms with E-state index in [9.17, 15) is 18.0 Å². The molecule has 0 spiro atoms. The van der Waals surface area contributed by atoms with Gasteiger partial charge in [0.05, 0.1) is 6.04 Å². The lowest BCUT2D eigenvalue weighted by Crippen LogP contribution is -2.40. The summed E-state index contributed by atoms with van der Waals surface area (Å²) >= 11 is 1.62. The summed E-state index contributed by atoms with van der Waals surface area (Å²) in [5.41, 5.74) is 2.25. The molecule has 2 heterocycles. The molecule has 9 heteroatoms. The Morgan fingerprint density at radius 1 is 1.09 bits per heavy atom. The van der Waals surface area contributed by atoms with Crippen LogP contribution in [0.5, 0.6) is 11.5 Å². The zero-order chi connectivity index (χ0) is 23.4. The molecular weight excluding hydrogens is 453 g/mol. The van der Waals surface area contributed by atoms with E-state index in [-0.39, 0.29) is 17.7 Å². The summed E-state index contributed by atoms with van der Waals surface area (Å²) in [6.45, 7) is 1.75. The standard InChI is InChI=1S/C24H23F3N2O3S/c1-28-12-14-31-18-6-4-17(5-7-18)23(30)29-13-10-21-20(11-15-33-21)22(29)16-2-8-19(9-3-16)32-24(25,26)27/h2-9,11,15,22,28H,10,12-14H2,1H3. The molecule has 1 aliphatic rings. The van der Waals surface area contributed by atoms with Crippen LogP contribution in [0.2, 0.25) is 0 Å². The van der Waals surface area contributed by atoms with Crippen LogP contribution in [0.15, 0.2) is 60.0 Å². The average molecular weight is 477 g/mol. The number of benzene rings is 2. The van der Waals surface area contributed by atoms with E-state index in [1.165, 1.54) is 17.0 Å². The first kappa shape index (κ1) is 23.1. The summed E-state index contributed by atoms with van der Waals surface area (Å²) in [4.78, 5) is 16.4. The lowest BCUT2D eigenvalue weighted by atomic mass is 9.92. The first-order valence-electron chi connectivity index (χ1n) is 10.5. The van der Waals surface area contributed by atoms with Crippen LogP contribution in [0, 0.1) is 0 Å². The van der Waals surface area contributed by atoms with Gasteiger partial charge in [0.1, 0.15) is 18.1 Å². The number of thiophene rings is 1. The average Bonchev–Trinajstić information content (AvgIpc) is 3.27. The summed E-state index contributed by atoms with van der Waals surface area (Å²) in [5.74, 6) is 0.242. The van der Waals surface area contributed by atoms with Gasteiger partial charge in [0.2, 0.25) is 0 Å². The van der Waals surface area contributed by atoms with Crippen molar-refractivity contribution in [3.63, 3.8) is 0 Å². The Labute approximate surface area is 193 Å². The van der Waals surface area contributed by atoms with Gasteiger partial charge in [0.25, 0.3) is 5.91 Å². The van der Waals surface area contributed by atoms with Crippen molar-refractivity contribution in [2.24, 2.45) is 0 Å². The van der Waals surface area contributed by atoms with E-state index in [1.54, 1.807) is 52.6 Å². The lowest BCUT2D eigenvalue weighted by molar-refractivity contribution is -0.274. The monoisotopic (exact) mass is 476 g/mol. The van der Waals surface area contributed by atoms with Gasteiger partial charge in [0.15, 0.2) is 0 Å². The molecule has 4 rings (SSSR count). The summed E-state index contributed by atoms with van der Waals surface area (Å²) in [7, 11) is 1.84. The van der Waals surface area contributed by atoms with Gasteiger partial charge in [-0.2, -0.15) is 0 Å². The van der Waals surface area contributed by atoms with Crippen LogP contribution in [0.25, 0.3) is 0 Å². The Balaban J connectivity index is 1.58. The molecule has 0 radical (unpaired) electrons. The third-order valence-corrected chi connectivity index (χ3v) is 6.37. The van der Waals surface area contributed by atoms with Crippen LogP contribution in [-0.2, 0) is 6.42 Å². The van der Waals surface area contributed by atoms with E-state index in [0.29, 0.717) is 31.0 Å². The van der Waals surface area contributed by atoms with Crippen LogP contribution in [0.3, 0.4) is 0 Å². The van der Waals surface area contributed by atoms with Crippen LogP contribution < -0.4 is 14.8 Å². The summed E-state index contributed by atoms with van der Waals surface area (Å²) in [5, 5.41) is 4.98. The van der Waals surface area contributed by atoms with Crippen LogP contribution in [-0.4, -0.2) is 43.9 Å². The molecular formula is C24H23F3N2O3S. The molecule has 0 aliphatic carbocycles. The molecule has 174 valence electrons. The molecule has 1 atom stereocenters. The van der Waals surface area contributed by atoms with Crippen LogP contribution >= 0.6 is 11.3 Å². The third kappa shape index (κ3) is 5.48. The molecule has 1 N–H and O–H groups in total. The molecule has 1 aliphatic heterocycles. The number of alkyl halides is 3. The Hall–Kier alpha value is -3.04. The summed E-state index contributed by atoms with van der Waals surface area (Å²) in [6.07, 6.45) is -4.02. The van der Waals surface area contributed by atoms with Crippen molar-refractivity contribution >= 4 is 17.2 Å². The minimum absolute atomic E-state index is 0.144. The van der Waals surface area contributed by atoms with Gasteiger partial charge in [-0.05, 0) is 72.4 Å². The maximum atomic E-state index is 13.4. The van der Waals surface area contributed by atoms with E-state index >= 15 is 0 Å². The second-order valence-corrected chi connectivity index (χ2v) is 8.54.